The molecule has 1 fully saturated rings. The molecule has 25 heavy (non-hydrogen) atoms. The van der Waals surface area contributed by atoms with Crippen LogP contribution in [0.3, 0.4) is 0 Å². The molecule has 0 spiro atoms. The Morgan fingerprint density at radius 1 is 1.04 bits per heavy atom. The molecule has 2 aromatic rings. The summed E-state index contributed by atoms with van der Waals surface area (Å²) in [5.41, 5.74) is 1.18. The van der Waals surface area contributed by atoms with E-state index in [2.05, 4.69) is 0 Å². The Bertz CT molecular complexity index is 743. The van der Waals surface area contributed by atoms with Crippen molar-refractivity contribution >= 4 is 35.2 Å². The summed E-state index contributed by atoms with van der Waals surface area (Å²) >= 11 is 3.83. The first-order chi connectivity index (χ1) is 12.1. The fourth-order valence-electron chi connectivity index (χ4n) is 2.21. The van der Waals surface area contributed by atoms with Gasteiger partial charge in [-0.3, -0.25) is 10.1 Å². The zero-order valence-electron chi connectivity index (χ0n) is 13.1. The molecular weight excluding hydrogens is 362 g/mol. The molecule has 8 heteroatoms. The van der Waals surface area contributed by atoms with Gasteiger partial charge in [0.05, 0.1) is 9.51 Å². The zero-order chi connectivity index (χ0) is 17.6. The number of carbonyl (C=O) groups is 1. The average molecular weight is 377 g/mol. The Kier molecular flexibility index (Phi) is 5.83. The molecule has 1 aliphatic rings. The molecule has 0 N–H and O–H groups in total. The number of esters is 1. The Hall–Kier alpha value is -2.19. The van der Waals surface area contributed by atoms with E-state index in [4.69, 9.17) is 9.47 Å². The van der Waals surface area contributed by atoms with Gasteiger partial charge in [0, 0.05) is 23.6 Å². The maximum Gasteiger partial charge on any atom is 0.349 e. The third kappa shape index (κ3) is 4.90. The molecule has 1 saturated heterocycles. The predicted octanol–water partition coefficient (Wildman–Crippen LogP) is 4.06. The molecule has 0 bridgehead atoms. The highest BCUT2D eigenvalue weighted by Crippen LogP contribution is 2.45. The van der Waals surface area contributed by atoms with Gasteiger partial charge in [0.2, 0.25) is 0 Å². The number of hydrogen-bond acceptors (Lipinski definition) is 7. The van der Waals surface area contributed by atoms with Gasteiger partial charge < -0.3 is 9.47 Å². The quantitative estimate of drug-likeness (QED) is 0.325. The van der Waals surface area contributed by atoms with Crippen LogP contribution in [-0.2, 0) is 4.79 Å². The van der Waals surface area contributed by atoms with E-state index in [1.807, 2.05) is 35.7 Å². The molecule has 0 aliphatic carbocycles. The summed E-state index contributed by atoms with van der Waals surface area (Å²) in [5, 5.41) is 10.6. The minimum Gasteiger partial charge on any atom is -0.482 e. The number of carbonyl (C=O) groups excluding carboxylic acids is 1. The lowest BCUT2D eigenvalue weighted by molar-refractivity contribution is -0.384. The number of thioether (sulfide) groups is 2. The van der Waals surface area contributed by atoms with E-state index in [0.717, 1.165) is 11.5 Å². The number of benzene rings is 2. The summed E-state index contributed by atoms with van der Waals surface area (Å²) in [6.07, 6.45) is 0. The summed E-state index contributed by atoms with van der Waals surface area (Å²) in [7, 11) is 0. The molecule has 0 radical (unpaired) electrons. The highest BCUT2D eigenvalue weighted by molar-refractivity contribution is 8.19. The maximum absolute atomic E-state index is 11.8. The molecule has 1 aliphatic heterocycles. The van der Waals surface area contributed by atoms with Crippen molar-refractivity contribution in [2.75, 3.05) is 18.1 Å². The Balaban J connectivity index is 1.49. The van der Waals surface area contributed by atoms with Crippen molar-refractivity contribution in [3.05, 3.63) is 64.2 Å². The predicted molar refractivity (Wildman–Crippen MR) is 98.3 cm³/mol. The van der Waals surface area contributed by atoms with Crippen LogP contribution in [0, 0.1) is 10.1 Å². The summed E-state index contributed by atoms with van der Waals surface area (Å²) in [5.74, 6) is 2.62. The molecule has 0 aromatic heterocycles. The van der Waals surface area contributed by atoms with E-state index in [9.17, 15) is 14.9 Å². The second kappa shape index (κ2) is 8.26. The van der Waals surface area contributed by atoms with Gasteiger partial charge in [-0.15, -0.1) is 23.5 Å². The van der Waals surface area contributed by atoms with Crippen LogP contribution in [0.5, 0.6) is 11.5 Å². The highest BCUT2D eigenvalue weighted by Gasteiger charge is 2.18. The number of nitro benzene ring substituents is 1. The maximum atomic E-state index is 11.8. The first-order valence-electron chi connectivity index (χ1n) is 7.53. The topological polar surface area (TPSA) is 78.7 Å². The number of rotatable bonds is 6. The first-order valence-corrected chi connectivity index (χ1v) is 9.63. The van der Waals surface area contributed by atoms with Gasteiger partial charge in [-0.1, -0.05) is 12.1 Å². The minimum atomic E-state index is -0.532. The van der Waals surface area contributed by atoms with E-state index in [1.165, 1.54) is 29.8 Å². The van der Waals surface area contributed by atoms with Gasteiger partial charge in [-0.05, 0) is 29.8 Å². The Morgan fingerprint density at radius 2 is 1.64 bits per heavy atom. The van der Waals surface area contributed by atoms with Crippen molar-refractivity contribution in [3.8, 4) is 11.5 Å². The normalized spacial score (nSPS) is 14.2. The van der Waals surface area contributed by atoms with Gasteiger partial charge in [0.15, 0.2) is 6.61 Å². The van der Waals surface area contributed by atoms with Crippen LogP contribution in [0.4, 0.5) is 5.69 Å². The first kappa shape index (κ1) is 17.6. The lowest BCUT2D eigenvalue weighted by Crippen LogP contribution is -2.17. The zero-order valence-corrected chi connectivity index (χ0v) is 14.8. The molecule has 0 unspecified atom stereocenters. The van der Waals surface area contributed by atoms with E-state index in [-0.39, 0.29) is 12.3 Å². The number of nitrogens with zero attached hydrogens (tertiary/aromatic N) is 1. The van der Waals surface area contributed by atoms with E-state index >= 15 is 0 Å². The molecular formula is C17H15NO5S2. The number of non-ortho nitro benzene ring substituents is 1. The van der Waals surface area contributed by atoms with Crippen molar-refractivity contribution in [2.45, 2.75) is 4.58 Å². The van der Waals surface area contributed by atoms with Crippen molar-refractivity contribution in [3.63, 3.8) is 0 Å². The van der Waals surface area contributed by atoms with E-state index in [1.54, 1.807) is 12.1 Å². The third-order valence-electron chi connectivity index (χ3n) is 3.41. The molecule has 0 amide bonds. The molecule has 1 heterocycles. The van der Waals surface area contributed by atoms with Gasteiger partial charge in [0.25, 0.3) is 5.69 Å². The number of ether oxygens (including phenoxy) is 2. The van der Waals surface area contributed by atoms with Crippen LogP contribution in [0.15, 0.2) is 48.5 Å². The van der Waals surface area contributed by atoms with Crippen LogP contribution in [0.25, 0.3) is 0 Å². The Morgan fingerprint density at radius 3 is 2.24 bits per heavy atom. The minimum absolute atomic E-state index is 0.0337. The van der Waals surface area contributed by atoms with Crippen LogP contribution < -0.4 is 9.47 Å². The highest BCUT2D eigenvalue weighted by atomic mass is 32.2. The van der Waals surface area contributed by atoms with Gasteiger partial charge in [-0.25, -0.2) is 4.79 Å². The molecule has 3 rings (SSSR count). The summed E-state index contributed by atoms with van der Waals surface area (Å²) in [4.78, 5) is 21.9. The largest absolute Gasteiger partial charge is 0.482 e. The van der Waals surface area contributed by atoms with Crippen molar-refractivity contribution in [1.82, 2.24) is 0 Å². The smallest absolute Gasteiger partial charge is 0.349 e. The lowest BCUT2D eigenvalue weighted by atomic mass is 10.2. The van der Waals surface area contributed by atoms with Crippen molar-refractivity contribution in [1.29, 1.82) is 0 Å². The molecule has 0 saturated carbocycles. The van der Waals surface area contributed by atoms with Crippen LogP contribution >= 0.6 is 23.5 Å². The van der Waals surface area contributed by atoms with E-state index < -0.39 is 10.9 Å². The standard InChI is InChI=1S/C17H15NO5S2/c19-16(11-22-14-7-3-13(4-8-14)18(20)21)23-15-5-1-12(2-6-15)17-24-9-10-25-17/h1-8,17H,9-11H2. The van der Waals surface area contributed by atoms with Crippen molar-refractivity contribution < 1.29 is 19.2 Å². The second-order valence-electron chi connectivity index (χ2n) is 5.16. The Labute approximate surface area is 153 Å². The van der Waals surface area contributed by atoms with Gasteiger partial charge in [-0.2, -0.15) is 0 Å². The average Bonchev–Trinajstić information content (AvgIpc) is 3.15. The monoisotopic (exact) mass is 377 g/mol. The molecule has 0 atom stereocenters. The fraction of sp³-hybridized carbons (Fsp3) is 0.235. The number of nitro groups is 1. The van der Waals surface area contributed by atoms with Gasteiger partial charge in [0.1, 0.15) is 11.5 Å². The van der Waals surface area contributed by atoms with Gasteiger partial charge >= 0.3 is 5.97 Å². The molecule has 2 aromatic carbocycles. The lowest BCUT2D eigenvalue weighted by Gasteiger charge is -2.10. The summed E-state index contributed by atoms with van der Waals surface area (Å²) < 4.78 is 11.0. The van der Waals surface area contributed by atoms with Crippen molar-refractivity contribution in [2.24, 2.45) is 0 Å². The third-order valence-corrected chi connectivity index (χ3v) is 6.51. The molecule has 130 valence electrons. The van der Waals surface area contributed by atoms with Crippen LogP contribution in [0.1, 0.15) is 10.1 Å². The molecule has 6 nitrogen and oxygen atoms in total. The SMILES string of the molecule is O=C(COc1ccc([N+](=O)[O-])cc1)Oc1ccc(C2SCCS2)cc1. The van der Waals surface area contributed by atoms with Crippen LogP contribution in [0.2, 0.25) is 0 Å². The number of hydrogen-bond donors (Lipinski definition) is 0. The summed E-state index contributed by atoms with van der Waals surface area (Å²) in [6, 6.07) is 13.0. The summed E-state index contributed by atoms with van der Waals surface area (Å²) in [6.45, 7) is -0.270. The van der Waals surface area contributed by atoms with E-state index in [0.29, 0.717) is 16.1 Å². The second-order valence-corrected chi connectivity index (χ2v) is 7.88. The fourth-order valence-corrected chi connectivity index (χ4v) is 5.07. The van der Waals surface area contributed by atoms with Crippen LogP contribution in [-0.4, -0.2) is 29.0 Å².